The lowest BCUT2D eigenvalue weighted by Gasteiger charge is -2.12. The fourth-order valence-corrected chi connectivity index (χ4v) is 7.79. The van der Waals surface area contributed by atoms with Crippen molar-refractivity contribution >= 4 is 22.5 Å². The zero-order valence-corrected chi connectivity index (χ0v) is 26.3. The molecule has 0 spiro atoms. The van der Waals surface area contributed by atoms with Crippen molar-refractivity contribution in [2.24, 2.45) is 0 Å². The fourth-order valence-electron chi connectivity index (χ4n) is 6.36. The topological polar surface area (TPSA) is 121 Å². The highest BCUT2D eigenvalue weighted by Crippen LogP contribution is 2.60. The number of allylic oxidation sites excluding steroid dienone is 2. The van der Waals surface area contributed by atoms with Gasteiger partial charge in [-0.25, -0.2) is 4.39 Å². The zero-order valence-electron chi connectivity index (χ0n) is 25.5. The first kappa shape index (κ1) is 32.9. The van der Waals surface area contributed by atoms with Crippen LogP contribution in [0.25, 0.3) is 55.9 Å². The molecule has 2 aromatic carbocycles. The van der Waals surface area contributed by atoms with Gasteiger partial charge in [-0.3, -0.25) is 9.97 Å². The van der Waals surface area contributed by atoms with Crippen LogP contribution in [-0.2, 0) is 12.4 Å². The molecule has 5 aromatic rings. The maximum Gasteiger partial charge on any atom is 0.419 e. The lowest BCUT2D eigenvalue weighted by atomic mass is 9.97. The Labute approximate surface area is 287 Å². The third kappa shape index (κ3) is 5.04. The predicted molar refractivity (Wildman–Crippen MR) is 171 cm³/mol. The van der Waals surface area contributed by atoms with Gasteiger partial charge in [-0.05, 0) is 53.9 Å². The number of fused-ring (bicyclic) bond motifs is 7. The normalized spacial score (nSPS) is 12.5. The molecular formula is C37H13F7N6S. The molecule has 0 saturated carbocycles. The van der Waals surface area contributed by atoms with E-state index in [1.807, 2.05) is 24.3 Å². The van der Waals surface area contributed by atoms with E-state index in [4.69, 9.17) is 0 Å². The second-order valence-electron chi connectivity index (χ2n) is 11.4. The molecule has 3 aromatic heterocycles. The number of thiophene rings is 1. The first-order valence-electron chi connectivity index (χ1n) is 14.5. The highest BCUT2D eigenvalue weighted by atomic mass is 32.1. The lowest BCUT2D eigenvalue weighted by Crippen LogP contribution is -2.07. The molecule has 14 heteroatoms. The van der Waals surface area contributed by atoms with E-state index < -0.39 is 29.3 Å². The van der Waals surface area contributed by atoms with Crippen LogP contribution in [-0.4, -0.2) is 9.97 Å². The van der Waals surface area contributed by atoms with Crippen LogP contribution in [0.4, 0.5) is 30.7 Å². The van der Waals surface area contributed by atoms with Gasteiger partial charge in [0.25, 0.3) is 0 Å². The van der Waals surface area contributed by atoms with E-state index in [1.54, 1.807) is 6.07 Å². The monoisotopic (exact) mass is 706 g/mol. The minimum atomic E-state index is -4.91. The molecule has 7 rings (SSSR count). The largest absolute Gasteiger partial charge is 0.419 e. The molecule has 51 heavy (non-hydrogen) atoms. The Morgan fingerprint density at radius 2 is 1.04 bits per heavy atom. The second-order valence-corrected chi connectivity index (χ2v) is 12.4. The minimum absolute atomic E-state index is 0.0193. The first-order valence-corrected chi connectivity index (χ1v) is 15.4. The molecule has 0 bridgehead atoms. The van der Waals surface area contributed by atoms with Crippen LogP contribution < -0.4 is 0 Å². The van der Waals surface area contributed by atoms with E-state index >= 15 is 0 Å². The van der Waals surface area contributed by atoms with E-state index in [0.717, 1.165) is 23.5 Å². The van der Waals surface area contributed by atoms with Gasteiger partial charge in [0, 0.05) is 66.7 Å². The van der Waals surface area contributed by atoms with E-state index in [2.05, 4.69) is 9.97 Å². The Kier molecular flexibility index (Phi) is 7.41. The van der Waals surface area contributed by atoms with Crippen LogP contribution in [0, 0.1) is 58.1 Å². The molecule has 0 amide bonds. The summed E-state index contributed by atoms with van der Waals surface area (Å²) in [5.41, 5.74) is 0.620. The molecule has 2 aliphatic rings. The summed E-state index contributed by atoms with van der Waals surface area (Å²) in [5.74, 6) is -1.50. The Hall–Kier alpha value is -6.61. The molecule has 246 valence electrons. The van der Waals surface area contributed by atoms with Gasteiger partial charge >= 0.3 is 12.4 Å². The molecule has 0 saturated heterocycles. The average molecular weight is 707 g/mol. The van der Waals surface area contributed by atoms with Gasteiger partial charge in [-0.15, -0.1) is 11.3 Å². The highest BCUT2D eigenvalue weighted by molar-refractivity contribution is 7.16. The third-order valence-corrected chi connectivity index (χ3v) is 9.79. The lowest BCUT2D eigenvalue weighted by molar-refractivity contribution is -0.140. The van der Waals surface area contributed by atoms with Gasteiger partial charge in [0.1, 0.15) is 41.2 Å². The number of aryl methyl sites for hydroxylation is 1. The van der Waals surface area contributed by atoms with Crippen LogP contribution in [0.5, 0.6) is 0 Å². The fraction of sp³-hybridized carbons (Fsp3) is 0.0811. The molecular weight excluding hydrogens is 694 g/mol. The van der Waals surface area contributed by atoms with Gasteiger partial charge in [0.05, 0.1) is 22.5 Å². The zero-order chi connectivity index (χ0) is 36.6. The van der Waals surface area contributed by atoms with Gasteiger partial charge in [-0.2, -0.15) is 47.4 Å². The summed E-state index contributed by atoms with van der Waals surface area (Å²) in [6.45, 7) is 1.33. The number of aromatic nitrogens is 2. The summed E-state index contributed by atoms with van der Waals surface area (Å²) < 4.78 is 94.5. The third-order valence-electron chi connectivity index (χ3n) is 8.57. The molecule has 0 unspecified atom stereocenters. The summed E-state index contributed by atoms with van der Waals surface area (Å²) >= 11 is 1.07. The van der Waals surface area contributed by atoms with Crippen molar-refractivity contribution in [2.45, 2.75) is 19.3 Å². The number of nitrogens with zero attached hydrogens (tertiary/aromatic N) is 6. The summed E-state index contributed by atoms with van der Waals surface area (Å²) in [4.78, 5) is 10.00. The van der Waals surface area contributed by atoms with E-state index in [9.17, 15) is 51.8 Å². The van der Waals surface area contributed by atoms with Crippen molar-refractivity contribution in [3.05, 3.63) is 115 Å². The Morgan fingerprint density at radius 1 is 0.608 bits per heavy atom. The average Bonchev–Trinajstić information content (AvgIpc) is 3.70. The van der Waals surface area contributed by atoms with Crippen LogP contribution in [0.15, 0.2) is 72.1 Å². The highest BCUT2D eigenvalue weighted by Gasteiger charge is 2.41. The molecule has 6 nitrogen and oxygen atoms in total. The van der Waals surface area contributed by atoms with Crippen molar-refractivity contribution in [2.75, 3.05) is 0 Å². The number of nitriles is 4. The van der Waals surface area contributed by atoms with Crippen LogP contribution in [0.3, 0.4) is 0 Å². The number of rotatable bonds is 2. The number of hydrogen-bond donors (Lipinski definition) is 0. The van der Waals surface area contributed by atoms with Gasteiger partial charge in [0.2, 0.25) is 0 Å². The maximum atomic E-state index is 14.5. The van der Waals surface area contributed by atoms with E-state index in [1.165, 1.54) is 37.5 Å². The molecule has 0 fully saturated rings. The molecule has 0 aliphatic heterocycles. The van der Waals surface area contributed by atoms with E-state index in [-0.39, 0.29) is 50.2 Å². The molecule has 0 N–H and O–H groups in total. The quantitative estimate of drug-likeness (QED) is 0.130. The molecule has 0 atom stereocenters. The van der Waals surface area contributed by atoms with Crippen LogP contribution in [0.1, 0.15) is 37.6 Å². The summed E-state index contributed by atoms with van der Waals surface area (Å²) in [6, 6.07) is 16.6. The minimum Gasteiger partial charge on any atom is -0.255 e. The van der Waals surface area contributed by atoms with Crippen molar-refractivity contribution < 1.29 is 30.7 Å². The summed E-state index contributed by atoms with van der Waals surface area (Å²) in [7, 11) is 0. The van der Waals surface area contributed by atoms with Gasteiger partial charge in [0.15, 0.2) is 0 Å². The standard InChI is InChI=1S/C37H13F7N6S/c1-16-6-17(2-4-25(16)36(39,40)41)19-7-23-28(21(10-45)11-46)34-30(32(23)49-14-19)31-33-24(29(35(31)51-34)22(12-47)13-48)8-20(15-50-33)18-3-5-26(27(38)9-18)37(42,43)44/h2-9,14-15H,1H3. The number of alkyl halides is 6. The van der Waals surface area contributed by atoms with Crippen LogP contribution in [0.2, 0.25) is 0 Å². The summed E-state index contributed by atoms with van der Waals surface area (Å²) in [6.07, 6.45) is -6.72. The van der Waals surface area contributed by atoms with E-state index in [0.29, 0.717) is 55.4 Å². The molecule has 2 aliphatic carbocycles. The SMILES string of the molecule is Cc1cc(-c2cnc3c(c2)C(=C(C#N)C#N)c2sc4c(c2-3)-c2ncc(-c3ccc(C(F)(F)F)c(F)c3)cc2C4=C(C#N)C#N)ccc1C(F)(F)F. The van der Waals surface area contributed by atoms with Crippen molar-refractivity contribution in [1.82, 2.24) is 9.97 Å². The number of pyridine rings is 2. The molecule has 0 radical (unpaired) electrons. The predicted octanol–water partition coefficient (Wildman–Crippen LogP) is 10.0. The number of benzene rings is 2. The Balaban J connectivity index is 1.45. The Bertz CT molecular complexity index is 2420. The van der Waals surface area contributed by atoms with Crippen molar-refractivity contribution in [3.8, 4) is 69.0 Å². The number of halogens is 7. The first-order chi connectivity index (χ1) is 24.2. The Morgan fingerprint density at radius 3 is 1.43 bits per heavy atom. The maximum absolute atomic E-state index is 14.5. The van der Waals surface area contributed by atoms with Crippen molar-refractivity contribution in [3.63, 3.8) is 0 Å². The second kappa shape index (κ2) is 11.5. The number of hydrogen-bond acceptors (Lipinski definition) is 7. The van der Waals surface area contributed by atoms with Crippen LogP contribution >= 0.6 is 11.3 Å². The van der Waals surface area contributed by atoms with Gasteiger partial charge < -0.3 is 0 Å². The van der Waals surface area contributed by atoms with Gasteiger partial charge in [-0.1, -0.05) is 18.2 Å². The molecule has 3 heterocycles. The summed E-state index contributed by atoms with van der Waals surface area (Å²) in [5, 5.41) is 39.8. The van der Waals surface area contributed by atoms with Crippen molar-refractivity contribution in [1.29, 1.82) is 21.0 Å². The smallest absolute Gasteiger partial charge is 0.255 e.